The quantitative estimate of drug-likeness (QED) is 0.675. The highest BCUT2D eigenvalue weighted by Gasteiger charge is 2.34. The third-order valence-corrected chi connectivity index (χ3v) is 5.40. The zero-order valence-corrected chi connectivity index (χ0v) is 15.3. The van der Waals surface area contributed by atoms with E-state index >= 15 is 0 Å². The summed E-state index contributed by atoms with van der Waals surface area (Å²) in [7, 11) is 2.05. The molecule has 0 aromatic carbocycles. The molecule has 0 radical (unpaired) electrons. The van der Waals surface area contributed by atoms with Crippen LogP contribution in [0.15, 0.2) is 11.7 Å². The second-order valence-electron chi connectivity index (χ2n) is 6.66. The van der Waals surface area contributed by atoms with Gasteiger partial charge in [0.25, 0.3) is 5.91 Å². The van der Waals surface area contributed by atoms with E-state index in [0.717, 1.165) is 24.6 Å². The van der Waals surface area contributed by atoms with Crippen LogP contribution in [-0.2, 0) is 17.9 Å². The maximum Gasteiger partial charge on any atom is 0.275 e. The first-order valence-corrected chi connectivity index (χ1v) is 9.36. The Morgan fingerprint density at radius 1 is 1.15 bits per heavy atom. The number of carbonyl (C=O) groups is 2. The van der Waals surface area contributed by atoms with Gasteiger partial charge in [0.1, 0.15) is 12.2 Å². The highest BCUT2D eigenvalue weighted by atomic mass is 32.1. The summed E-state index contributed by atoms with van der Waals surface area (Å²) < 4.78 is 5.49. The van der Waals surface area contributed by atoms with Crippen molar-refractivity contribution in [1.29, 1.82) is 0 Å². The smallest absolute Gasteiger partial charge is 0.275 e. The molecule has 4 heterocycles. The van der Waals surface area contributed by atoms with Crippen molar-refractivity contribution in [2.24, 2.45) is 5.92 Å². The van der Waals surface area contributed by atoms with Crippen molar-refractivity contribution in [2.75, 3.05) is 39.8 Å². The SMILES string of the molecule is CN1CCN(C(=O)C2CN(C(=O)c3csnn3)Cc3ncnn3C2)CC1. The van der Waals surface area contributed by atoms with E-state index in [-0.39, 0.29) is 17.7 Å². The van der Waals surface area contributed by atoms with Gasteiger partial charge in [-0.25, -0.2) is 9.67 Å². The van der Waals surface area contributed by atoms with Gasteiger partial charge in [-0.3, -0.25) is 9.59 Å². The van der Waals surface area contributed by atoms with Crippen molar-refractivity contribution in [3.8, 4) is 0 Å². The van der Waals surface area contributed by atoms with Gasteiger partial charge in [-0.05, 0) is 18.6 Å². The fourth-order valence-corrected chi connectivity index (χ4v) is 3.78. The second-order valence-corrected chi connectivity index (χ2v) is 7.27. The van der Waals surface area contributed by atoms with Gasteiger partial charge in [-0.15, -0.1) is 5.10 Å². The molecule has 0 N–H and O–H groups in total. The molecule has 10 nitrogen and oxygen atoms in total. The average Bonchev–Trinajstić information content (AvgIpc) is 3.29. The molecule has 4 rings (SSSR count). The molecule has 0 aliphatic carbocycles. The lowest BCUT2D eigenvalue weighted by molar-refractivity contribution is -0.138. The van der Waals surface area contributed by atoms with Crippen molar-refractivity contribution in [3.05, 3.63) is 23.2 Å². The zero-order valence-electron chi connectivity index (χ0n) is 14.5. The number of carbonyl (C=O) groups excluding carboxylic acids is 2. The molecule has 0 saturated carbocycles. The minimum absolute atomic E-state index is 0.0654. The molecular weight excluding hydrogens is 356 g/mol. The first-order valence-electron chi connectivity index (χ1n) is 8.52. The molecule has 11 heteroatoms. The molecular formula is C15H20N8O2S. The molecule has 2 aliphatic heterocycles. The van der Waals surface area contributed by atoms with E-state index in [2.05, 4.69) is 31.6 Å². The molecule has 2 aromatic rings. The van der Waals surface area contributed by atoms with Crippen LogP contribution >= 0.6 is 11.5 Å². The summed E-state index contributed by atoms with van der Waals surface area (Å²) in [6.07, 6.45) is 1.46. The molecule has 1 fully saturated rings. The van der Waals surface area contributed by atoms with E-state index in [1.807, 2.05) is 4.90 Å². The number of fused-ring (bicyclic) bond motifs is 1. The third kappa shape index (κ3) is 3.31. The molecule has 138 valence electrons. The van der Waals surface area contributed by atoms with Gasteiger partial charge in [0.05, 0.1) is 19.0 Å². The van der Waals surface area contributed by atoms with Gasteiger partial charge >= 0.3 is 0 Å². The number of likely N-dealkylation sites (N-methyl/N-ethyl adjacent to an activating group) is 1. The number of rotatable bonds is 2. The highest BCUT2D eigenvalue weighted by Crippen LogP contribution is 2.19. The Kier molecular flexibility index (Phi) is 4.64. The highest BCUT2D eigenvalue weighted by molar-refractivity contribution is 7.03. The normalized spacial score (nSPS) is 21.3. The van der Waals surface area contributed by atoms with E-state index in [4.69, 9.17) is 0 Å². The predicted molar refractivity (Wildman–Crippen MR) is 92.2 cm³/mol. The molecule has 26 heavy (non-hydrogen) atoms. The minimum Gasteiger partial charge on any atom is -0.340 e. The Labute approximate surface area is 154 Å². The van der Waals surface area contributed by atoms with Gasteiger partial charge in [-0.1, -0.05) is 4.49 Å². The van der Waals surface area contributed by atoms with Gasteiger partial charge in [0.15, 0.2) is 5.69 Å². The molecule has 1 atom stereocenters. The lowest BCUT2D eigenvalue weighted by Crippen LogP contribution is -2.51. The van der Waals surface area contributed by atoms with Crippen LogP contribution in [0, 0.1) is 5.92 Å². The van der Waals surface area contributed by atoms with Gasteiger partial charge in [-0.2, -0.15) is 5.10 Å². The number of hydrogen-bond acceptors (Lipinski definition) is 8. The number of amides is 2. The number of hydrogen-bond donors (Lipinski definition) is 0. The molecule has 1 saturated heterocycles. The molecule has 0 spiro atoms. The van der Waals surface area contributed by atoms with E-state index in [0.29, 0.717) is 44.2 Å². The summed E-state index contributed by atoms with van der Waals surface area (Å²) in [4.78, 5) is 35.8. The number of aromatic nitrogens is 5. The Bertz CT molecular complexity index is 783. The maximum absolute atomic E-state index is 13.1. The maximum atomic E-state index is 13.1. The summed E-state index contributed by atoms with van der Waals surface area (Å²) in [6.45, 7) is 4.20. The van der Waals surface area contributed by atoms with Crippen LogP contribution in [0.2, 0.25) is 0 Å². The Morgan fingerprint density at radius 2 is 1.96 bits per heavy atom. The number of nitrogens with zero attached hydrogens (tertiary/aromatic N) is 8. The van der Waals surface area contributed by atoms with E-state index in [1.165, 1.54) is 6.33 Å². The monoisotopic (exact) mass is 376 g/mol. The van der Waals surface area contributed by atoms with Crippen molar-refractivity contribution >= 4 is 23.3 Å². The molecule has 2 amide bonds. The number of piperazine rings is 1. The summed E-state index contributed by atoms with van der Waals surface area (Å²) in [5, 5.41) is 9.71. The lowest BCUT2D eigenvalue weighted by Gasteiger charge is -2.35. The Balaban J connectivity index is 1.56. The van der Waals surface area contributed by atoms with Crippen LogP contribution in [0.5, 0.6) is 0 Å². The largest absolute Gasteiger partial charge is 0.340 e. The topological polar surface area (TPSA) is 100 Å². The van der Waals surface area contributed by atoms with Crippen LogP contribution in [0.4, 0.5) is 0 Å². The van der Waals surface area contributed by atoms with Crippen LogP contribution in [-0.4, -0.2) is 90.6 Å². The second kappa shape index (κ2) is 7.08. The van der Waals surface area contributed by atoms with Gasteiger partial charge in [0, 0.05) is 38.1 Å². The Morgan fingerprint density at radius 3 is 2.69 bits per heavy atom. The fourth-order valence-electron chi connectivity index (χ4n) is 3.35. The van der Waals surface area contributed by atoms with Crippen molar-refractivity contribution in [3.63, 3.8) is 0 Å². The van der Waals surface area contributed by atoms with Gasteiger partial charge in [0.2, 0.25) is 5.91 Å². The van der Waals surface area contributed by atoms with E-state index in [1.54, 1.807) is 15.0 Å². The van der Waals surface area contributed by atoms with E-state index < -0.39 is 0 Å². The van der Waals surface area contributed by atoms with Crippen LogP contribution in [0.25, 0.3) is 0 Å². The standard InChI is InChI=1S/C15H20N8O2S/c1-20-2-4-21(5-3-20)14(24)11-6-22(15(25)12-9-26-19-18-12)8-13-16-10-17-23(13)7-11/h9-11H,2-8H2,1H3. The first kappa shape index (κ1) is 17.0. The van der Waals surface area contributed by atoms with Crippen LogP contribution in [0.3, 0.4) is 0 Å². The fraction of sp³-hybridized carbons (Fsp3) is 0.600. The van der Waals surface area contributed by atoms with E-state index in [9.17, 15) is 9.59 Å². The summed E-state index contributed by atoms with van der Waals surface area (Å²) in [5.41, 5.74) is 0.300. The zero-order chi connectivity index (χ0) is 18.1. The van der Waals surface area contributed by atoms with Crippen molar-refractivity contribution < 1.29 is 9.59 Å². The van der Waals surface area contributed by atoms with Gasteiger partial charge < -0.3 is 14.7 Å². The molecule has 1 unspecified atom stereocenters. The van der Waals surface area contributed by atoms with Crippen LogP contribution < -0.4 is 0 Å². The van der Waals surface area contributed by atoms with Crippen molar-refractivity contribution in [2.45, 2.75) is 13.1 Å². The first-order chi connectivity index (χ1) is 12.6. The van der Waals surface area contributed by atoms with Crippen molar-refractivity contribution in [1.82, 2.24) is 39.1 Å². The van der Waals surface area contributed by atoms with Crippen LogP contribution in [0.1, 0.15) is 16.3 Å². The predicted octanol–water partition coefficient (Wildman–Crippen LogP) is -0.824. The summed E-state index contributed by atoms with van der Waals surface area (Å²) >= 11 is 1.13. The Hall–Kier alpha value is -2.40. The lowest BCUT2D eigenvalue weighted by atomic mass is 10.1. The molecule has 2 aromatic heterocycles. The summed E-state index contributed by atoms with van der Waals surface area (Å²) in [6, 6.07) is 0. The average molecular weight is 376 g/mol. The molecule has 2 aliphatic rings. The molecule has 0 bridgehead atoms. The minimum atomic E-state index is -0.350. The summed E-state index contributed by atoms with van der Waals surface area (Å²) in [5.74, 6) is 0.161. The third-order valence-electron chi connectivity index (χ3n) is 4.89.